The van der Waals surface area contributed by atoms with Crippen molar-refractivity contribution >= 4 is 34.1 Å². The van der Waals surface area contributed by atoms with Crippen molar-refractivity contribution in [3.8, 4) is 0 Å². The van der Waals surface area contributed by atoms with Crippen LogP contribution in [0.25, 0.3) is 0 Å². The molecule has 3 N–H and O–H groups in total. The summed E-state index contributed by atoms with van der Waals surface area (Å²) < 4.78 is 4.96. The van der Waals surface area contributed by atoms with E-state index in [0.29, 0.717) is 5.00 Å². The van der Waals surface area contributed by atoms with E-state index in [1.165, 1.54) is 25.2 Å². The minimum atomic E-state index is -1.02. The van der Waals surface area contributed by atoms with Crippen LogP contribution in [0.3, 0.4) is 0 Å². The van der Waals surface area contributed by atoms with Gasteiger partial charge in [0.2, 0.25) is 5.91 Å². The summed E-state index contributed by atoms with van der Waals surface area (Å²) in [5.74, 6) is -1.67. The normalized spacial score (nSPS) is 11.8. The van der Waals surface area contributed by atoms with Crippen molar-refractivity contribution in [2.45, 2.75) is 33.8 Å². The highest BCUT2D eigenvalue weighted by atomic mass is 32.1. The summed E-state index contributed by atoms with van der Waals surface area (Å²) in [6, 6.07) is 0. The second-order valence-corrected chi connectivity index (χ2v) is 5.34. The smallest absolute Gasteiger partial charge is 0.342 e. The third-order valence-corrected chi connectivity index (χ3v) is 3.69. The molecule has 1 heterocycles. The second-order valence-electron chi connectivity index (χ2n) is 4.12. The molecular formula is C12H16N2O4S. The van der Waals surface area contributed by atoms with E-state index in [4.69, 9.17) is 10.5 Å². The lowest BCUT2D eigenvalue weighted by atomic mass is 10.1. The maximum absolute atomic E-state index is 12.0. The number of rotatable bonds is 4. The van der Waals surface area contributed by atoms with Gasteiger partial charge in [0, 0.05) is 11.8 Å². The predicted molar refractivity (Wildman–Crippen MR) is 72.2 cm³/mol. The summed E-state index contributed by atoms with van der Waals surface area (Å²) in [7, 11) is 0. The van der Waals surface area contributed by atoms with E-state index >= 15 is 0 Å². The number of hydrogen-bond donors (Lipinski definition) is 2. The summed E-state index contributed by atoms with van der Waals surface area (Å²) in [6.45, 7) is 6.33. The quantitative estimate of drug-likeness (QED) is 0.815. The number of amides is 2. The Kier molecular flexibility index (Phi) is 4.66. The van der Waals surface area contributed by atoms with Crippen molar-refractivity contribution < 1.29 is 19.1 Å². The van der Waals surface area contributed by atoms with Gasteiger partial charge in [-0.2, -0.15) is 0 Å². The molecule has 0 aliphatic heterocycles. The number of aryl methyl sites for hydroxylation is 1. The van der Waals surface area contributed by atoms with Crippen LogP contribution in [-0.4, -0.2) is 23.9 Å². The molecule has 0 aromatic carbocycles. The lowest BCUT2D eigenvalue weighted by Crippen LogP contribution is -2.30. The Morgan fingerprint density at radius 3 is 2.37 bits per heavy atom. The van der Waals surface area contributed by atoms with Crippen molar-refractivity contribution in [2.75, 3.05) is 5.32 Å². The van der Waals surface area contributed by atoms with Crippen LogP contribution < -0.4 is 11.1 Å². The van der Waals surface area contributed by atoms with Gasteiger partial charge in [0.25, 0.3) is 5.91 Å². The first-order valence-corrected chi connectivity index (χ1v) is 6.43. The number of anilines is 1. The first-order valence-electron chi connectivity index (χ1n) is 5.62. The summed E-state index contributed by atoms with van der Waals surface area (Å²) in [5.41, 5.74) is 6.03. The van der Waals surface area contributed by atoms with E-state index in [-0.39, 0.29) is 11.5 Å². The molecule has 1 rings (SSSR count). The highest BCUT2D eigenvalue weighted by Gasteiger charge is 2.24. The van der Waals surface area contributed by atoms with Gasteiger partial charge < -0.3 is 15.8 Å². The summed E-state index contributed by atoms with van der Waals surface area (Å²) >= 11 is 1.28. The predicted octanol–water partition coefficient (Wildman–Crippen LogP) is 1.35. The zero-order valence-corrected chi connectivity index (χ0v) is 12.0. The highest BCUT2D eigenvalue weighted by molar-refractivity contribution is 7.16. The average Bonchev–Trinajstić information content (AvgIpc) is 2.53. The Bertz CT molecular complexity index is 536. The summed E-state index contributed by atoms with van der Waals surface area (Å²) in [6.07, 6.45) is -1.02. The van der Waals surface area contributed by atoms with Gasteiger partial charge in [0.05, 0.1) is 5.56 Å². The van der Waals surface area contributed by atoms with Gasteiger partial charge in [-0.15, -0.1) is 11.3 Å². The van der Waals surface area contributed by atoms with Gasteiger partial charge in [0.15, 0.2) is 6.10 Å². The second kappa shape index (κ2) is 5.83. The van der Waals surface area contributed by atoms with Crippen molar-refractivity contribution in [3.05, 3.63) is 16.0 Å². The lowest BCUT2D eigenvalue weighted by Gasteiger charge is -2.11. The van der Waals surface area contributed by atoms with Gasteiger partial charge >= 0.3 is 5.97 Å². The maximum Gasteiger partial charge on any atom is 0.342 e. The number of carbonyl (C=O) groups excluding carboxylic acids is 3. The number of nitrogens with one attached hydrogen (secondary N) is 1. The zero-order chi connectivity index (χ0) is 14.7. The van der Waals surface area contributed by atoms with E-state index in [0.717, 1.165) is 10.4 Å². The molecule has 1 unspecified atom stereocenters. The van der Waals surface area contributed by atoms with E-state index in [1.807, 2.05) is 6.92 Å². The average molecular weight is 284 g/mol. The van der Waals surface area contributed by atoms with Gasteiger partial charge in [-0.1, -0.05) is 0 Å². The van der Waals surface area contributed by atoms with Gasteiger partial charge in [-0.05, 0) is 26.3 Å². The monoisotopic (exact) mass is 284 g/mol. The molecule has 7 heteroatoms. The van der Waals surface area contributed by atoms with E-state index < -0.39 is 18.0 Å². The molecule has 1 atom stereocenters. The largest absolute Gasteiger partial charge is 0.449 e. The fourth-order valence-corrected chi connectivity index (χ4v) is 2.49. The maximum atomic E-state index is 12.0. The topological polar surface area (TPSA) is 98.5 Å². The highest BCUT2D eigenvalue weighted by Crippen LogP contribution is 2.33. The zero-order valence-electron chi connectivity index (χ0n) is 11.2. The molecule has 6 nitrogen and oxygen atoms in total. The van der Waals surface area contributed by atoms with Gasteiger partial charge in [0.1, 0.15) is 5.00 Å². The first-order chi connectivity index (χ1) is 8.73. The van der Waals surface area contributed by atoms with Crippen LogP contribution in [0.5, 0.6) is 0 Å². The minimum absolute atomic E-state index is 0.269. The SMILES string of the molecule is CC(=O)Nc1sc(C)c(C)c1C(=O)OC(C)C(N)=O. The number of esters is 1. The minimum Gasteiger partial charge on any atom is -0.449 e. The first kappa shape index (κ1) is 15.2. The summed E-state index contributed by atoms with van der Waals surface area (Å²) in [4.78, 5) is 34.9. The summed E-state index contributed by atoms with van der Waals surface area (Å²) in [5, 5.41) is 3.00. The van der Waals surface area contributed by atoms with Crippen molar-refractivity contribution in [1.29, 1.82) is 0 Å². The molecule has 0 radical (unpaired) electrons. The number of primary amides is 1. The third-order valence-electron chi connectivity index (χ3n) is 2.56. The van der Waals surface area contributed by atoms with Crippen LogP contribution in [0.2, 0.25) is 0 Å². The lowest BCUT2D eigenvalue weighted by molar-refractivity contribution is -0.125. The molecule has 1 aromatic rings. The Morgan fingerprint density at radius 2 is 1.89 bits per heavy atom. The number of ether oxygens (including phenoxy) is 1. The van der Waals surface area contributed by atoms with E-state index in [2.05, 4.69) is 5.32 Å². The Hall–Kier alpha value is -1.89. The molecule has 0 aliphatic rings. The third kappa shape index (κ3) is 3.54. The van der Waals surface area contributed by atoms with Crippen molar-refractivity contribution in [3.63, 3.8) is 0 Å². The van der Waals surface area contributed by atoms with E-state index in [9.17, 15) is 14.4 Å². The van der Waals surface area contributed by atoms with Crippen LogP contribution in [0, 0.1) is 13.8 Å². The number of nitrogens with two attached hydrogens (primary N) is 1. The van der Waals surface area contributed by atoms with Crippen molar-refractivity contribution in [2.24, 2.45) is 5.73 Å². The molecule has 2 amide bonds. The molecule has 0 aliphatic carbocycles. The van der Waals surface area contributed by atoms with Gasteiger partial charge in [-0.3, -0.25) is 9.59 Å². The van der Waals surface area contributed by atoms with Crippen LogP contribution in [0.1, 0.15) is 34.6 Å². The molecule has 0 fully saturated rings. The van der Waals surface area contributed by atoms with Crippen LogP contribution >= 0.6 is 11.3 Å². The van der Waals surface area contributed by atoms with Crippen LogP contribution in [0.15, 0.2) is 0 Å². The Balaban J connectivity index is 3.07. The van der Waals surface area contributed by atoms with Crippen molar-refractivity contribution in [1.82, 2.24) is 0 Å². The number of hydrogen-bond acceptors (Lipinski definition) is 5. The number of thiophene rings is 1. The number of carbonyl (C=O) groups is 3. The molecular weight excluding hydrogens is 268 g/mol. The molecule has 0 saturated carbocycles. The van der Waals surface area contributed by atoms with Gasteiger partial charge in [-0.25, -0.2) is 4.79 Å². The van der Waals surface area contributed by atoms with Crippen LogP contribution in [-0.2, 0) is 14.3 Å². The van der Waals surface area contributed by atoms with Crippen LogP contribution in [0.4, 0.5) is 5.00 Å². The molecule has 19 heavy (non-hydrogen) atoms. The van der Waals surface area contributed by atoms with E-state index in [1.54, 1.807) is 6.92 Å². The Labute approximate surface area is 114 Å². The standard InChI is InChI=1S/C12H16N2O4S/c1-5-7(3)19-11(14-8(4)15)9(5)12(17)18-6(2)10(13)16/h6H,1-4H3,(H2,13,16)(H,14,15). The molecule has 1 aromatic heterocycles. The molecule has 104 valence electrons. The molecule has 0 bridgehead atoms. The fourth-order valence-electron chi connectivity index (χ4n) is 1.40. The molecule has 0 saturated heterocycles. The Morgan fingerprint density at radius 1 is 1.32 bits per heavy atom. The fraction of sp³-hybridized carbons (Fsp3) is 0.417. The molecule has 0 spiro atoms.